The Labute approximate surface area is 230 Å². The van der Waals surface area contributed by atoms with Gasteiger partial charge in [-0.2, -0.15) is 0 Å². The first-order valence-electron chi connectivity index (χ1n) is 12.7. The van der Waals surface area contributed by atoms with Gasteiger partial charge in [-0.3, -0.25) is 9.78 Å². The average Bonchev–Trinajstić information content (AvgIpc) is 2.95. The predicted molar refractivity (Wildman–Crippen MR) is 153 cm³/mol. The summed E-state index contributed by atoms with van der Waals surface area (Å²) in [6.45, 7) is 3.82. The summed E-state index contributed by atoms with van der Waals surface area (Å²) in [6, 6.07) is 17.0. The number of carbonyl (C=O) groups is 1. The van der Waals surface area contributed by atoms with Gasteiger partial charge < -0.3 is 20.5 Å². The maximum atomic E-state index is 15.2. The van der Waals surface area contributed by atoms with Gasteiger partial charge in [0, 0.05) is 36.4 Å². The van der Waals surface area contributed by atoms with Crippen molar-refractivity contribution in [1.29, 1.82) is 0 Å². The van der Waals surface area contributed by atoms with Gasteiger partial charge in [-0.05, 0) is 71.5 Å². The van der Waals surface area contributed by atoms with E-state index in [0.29, 0.717) is 22.6 Å². The minimum atomic E-state index is -1.01. The zero-order chi connectivity index (χ0) is 28.2. The third-order valence-electron chi connectivity index (χ3n) is 6.86. The second kappa shape index (κ2) is 11.5. The van der Waals surface area contributed by atoms with Crippen molar-refractivity contribution in [1.82, 2.24) is 20.3 Å². The van der Waals surface area contributed by atoms with E-state index in [1.807, 2.05) is 50.2 Å². The maximum Gasteiger partial charge on any atom is 0.317 e. The number of carboxylic acids is 1. The van der Waals surface area contributed by atoms with Crippen LogP contribution < -0.4 is 15.4 Å². The summed E-state index contributed by atoms with van der Waals surface area (Å²) in [5.74, 6) is -0.507. The van der Waals surface area contributed by atoms with Crippen LogP contribution in [0.25, 0.3) is 33.3 Å². The summed E-state index contributed by atoms with van der Waals surface area (Å²) < 4.78 is 20.7. The smallest absolute Gasteiger partial charge is 0.317 e. The second-order valence-corrected chi connectivity index (χ2v) is 9.30. The summed E-state index contributed by atoms with van der Waals surface area (Å²) in [7, 11) is 1.47. The van der Waals surface area contributed by atoms with Gasteiger partial charge in [-0.15, -0.1) is 0 Å². The molecule has 3 aromatic carbocycles. The molecule has 2 aromatic heterocycles. The number of ether oxygens (including phenoxy) is 1. The number of halogens is 1. The number of nitrogens with one attached hydrogen (secondary N) is 2. The van der Waals surface area contributed by atoms with E-state index in [4.69, 9.17) is 9.84 Å². The van der Waals surface area contributed by atoms with Gasteiger partial charge in [0.1, 0.15) is 17.1 Å². The van der Waals surface area contributed by atoms with Crippen molar-refractivity contribution in [2.24, 2.45) is 0 Å². The van der Waals surface area contributed by atoms with Gasteiger partial charge >= 0.3 is 5.97 Å². The average molecular weight is 538 g/mol. The van der Waals surface area contributed by atoms with Crippen LogP contribution in [0.2, 0.25) is 0 Å². The first-order chi connectivity index (χ1) is 19.4. The Morgan fingerprint density at radius 2 is 1.65 bits per heavy atom. The molecule has 8 nitrogen and oxygen atoms in total. The highest BCUT2D eigenvalue weighted by molar-refractivity contribution is 5.89. The number of aromatic nitrogens is 3. The highest BCUT2D eigenvalue weighted by Gasteiger charge is 2.17. The lowest BCUT2D eigenvalue weighted by Gasteiger charge is -2.18. The van der Waals surface area contributed by atoms with Crippen molar-refractivity contribution in [3.63, 3.8) is 0 Å². The fourth-order valence-corrected chi connectivity index (χ4v) is 4.83. The van der Waals surface area contributed by atoms with Crippen LogP contribution in [0.15, 0.2) is 73.2 Å². The fourth-order valence-electron chi connectivity index (χ4n) is 4.83. The van der Waals surface area contributed by atoms with E-state index in [1.54, 1.807) is 24.7 Å². The fraction of sp³-hybridized carbons (Fsp3) is 0.161. The normalized spacial score (nSPS) is 11.0. The zero-order valence-electron chi connectivity index (χ0n) is 22.3. The summed E-state index contributed by atoms with van der Waals surface area (Å²) in [6.07, 6.45) is 5.00. The number of hydrogen-bond acceptors (Lipinski definition) is 7. The Morgan fingerprint density at radius 3 is 2.42 bits per heavy atom. The molecular formula is C31H28FN5O3. The monoisotopic (exact) mass is 537 g/mol. The first kappa shape index (κ1) is 26.7. The van der Waals surface area contributed by atoms with Crippen LogP contribution in [-0.4, -0.2) is 39.7 Å². The molecule has 0 aliphatic heterocycles. The lowest BCUT2D eigenvalue weighted by atomic mass is 9.90. The predicted octanol–water partition coefficient (Wildman–Crippen LogP) is 6.04. The SMILES string of the molecule is COc1cc(-c2cccc(-c3cccc(Nc4nccc5nccnc45)c3C)c2C)cc(F)c1CNCC(=O)O. The molecule has 2 heterocycles. The van der Waals surface area contributed by atoms with Crippen LogP contribution in [0.3, 0.4) is 0 Å². The molecular weight excluding hydrogens is 509 g/mol. The molecule has 0 radical (unpaired) electrons. The van der Waals surface area contributed by atoms with Crippen molar-refractivity contribution in [2.45, 2.75) is 20.4 Å². The molecule has 0 aliphatic rings. The molecule has 0 unspecified atom stereocenters. The molecule has 0 amide bonds. The van der Waals surface area contributed by atoms with Crippen molar-refractivity contribution in [2.75, 3.05) is 19.0 Å². The number of hydrogen-bond donors (Lipinski definition) is 3. The van der Waals surface area contributed by atoms with Crippen molar-refractivity contribution in [3.8, 4) is 28.0 Å². The van der Waals surface area contributed by atoms with E-state index in [1.165, 1.54) is 13.2 Å². The molecule has 202 valence electrons. The van der Waals surface area contributed by atoms with Gasteiger partial charge in [-0.1, -0.05) is 30.3 Å². The van der Waals surface area contributed by atoms with Gasteiger partial charge in [0.15, 0.2) is 5.82 Å². The Kier molecular flexibility index (Phi) is 7.65. The maximum absolute atomic E-state index is 15.2. The molecule has 5 rings (SSSR count). The molecule has 0 spiro atoms. The minimum absolute atomic E-state index is 0.0384. The van der Waals surface area contributed by atoms with Crippen molar-refractivity contribution < 1.29 is 19.0 Å². The third-order valence-corrected chi connectivity index (χ3v) is 6.86. The van der Waals surface area contributed by atoms with Gasteiger partial charge in [0.2, 0.25) is 0 Å². The summed E-state index contributed by atoms with van der Waals surface area (Å²) in [4.78, 5) is 24.1. The molecule has 3 N–H and O–H groups in total. The zero-order valence-corrected chi connectivity index (χ0v) is 22.3. The standard InChI is InChI=1S/C31H28FN5O3/c1-18-21(20-14-25(32)24(28(15-20)40-3)16-33-17-29(38)39)6-4-7-22(18)23-8-5-9-26(19(23)2)37-31-30-27(10-11-36-31)34-12-13-35-30/h4-15,33H,16-17H2,1-3H3,(H,36,37)(H,38,39). The molecule has 5 aromatic rings. The summed E-state index contributed by atoms with van der Waals surface area (Å²) in [5.41, 5.74) is 8.18. The highest BCUT2D eigenvalue weighted by atomic mass is 19.1. The number of anilines is 2. The number of pyridine rings is 1. The summed E-state index contributed by atoms with van der Waals surface area (Å²) >= 11 is 0. The molecule has 0 saturated heterocycles. The topological polar surface area (TPSA) is 109 Å². The number of rotatable bonds is 9. The quantitative estimate of drug-likeness (QED) is 0.209. The van der Waals surface area contributed by atoms with Crippen molar-refractivity contribution >= 4 is 28.5 Å². The van der Waals surface area contributed by atoms with E-state index >= 15 is 4.39 Å². The molecule has 0 saturated carbocycles. The molecule has 0 aliphatic carbocycles. The largest absolute Gasteiger partial charge is 0.496 e. The second-order valence-electron chi connectivity index (χ2n) is 9.30. The molecule has 0 fully saturated rings. The van der Waals surface area contributed by atoms with E-state index in [2.05, 4.69) is 31.7 Å². The third kappa shape index (κ3) is 5.32. The molecule has 0 bridgehead atoms. The van der Waals surface area contributed by atoms with E-state index in [-0.39, 0.29) is 18.7 Å². The Balaban J connectivity index is 1.51. The molecule has 0 atom stereocenters. The van der Waals surface area contributed by atoms with E-state index in [0.717, 1.165) is 39.0 Å². The van der Waals surface area contributed by atoms with Gasteiger partial charge in [0.25, 0.3) is 0 Å². The highest BCUT2D eigenvalue weighted by Crippen LogP contribution is 2.38. The minimum Gasteiger partial charge on any atom is -0.496 e. The number of carboxylic acid groups (broad SMARTS) is 1. The van der Waals surface area contributed by atoms with Crippen LogP contribution >= 0.6 is 0 Å². The van der Waals surface area contributed by atoms with Gasteiger partial charge in [0.05, 0.1) is 19.2 Å². The van der Waals surface area contributed by atoms with Crippen LogP contribution in [0.4, 0.5) is 15.9 Å². The Morgan fingerprint density at radius 1 is 0.925 bits per heavy atom. The van der Waals surface area contributed by atoms with Crippen LogP contribution in [-0.2, 0) is 11.3 Å². The van der Waals surface area contributed by atoms with Crippen LogP contribution in [0.1, 0.15) is 16.7 Å². The number of fused-ring (bicyclic) bond motifs is 1. The number of aliphatic carboxylic acids is 1. The van der Waals surface area contributed by atoms with E-state index in [9.17, 15) is 4.79 Å². The lowest BCUT2D eigenvalue weighted by Crippen LogP contribution is -2.22. The summed E-state index contributed by atoms with van der Waals surface area (Å²) in [5, 5.41) is 15.0. The number of nitrogens with zero attached hydrogens (tertiary/aromatic N) is 3. The number of methoxy groups -OCH3 is 1. The molecule has 9 heteroatoms. The Hall–Kier alpha value is -4.89. The first-order valence-corrected chi connectivity index (χ1v) is 12.7. The van der Waals surface area contributed by atoms with Crippen LogP contribution in [0, 0.1) is 19.7 Å². The van der Waals surface area contributed by atoms with E-state index < -0.39 is 11.8 Å². The number of benzene rings is 3. The van der Waals surface area contributed by atoms with Crippen molar-refractivity contribution in [3.05, 3.63) is 95.7 Å². The van der Waals surface area contributed by atoms with Crippen LogP contribution in [0.5, 0.6) is 5.75 Å². The van der Waals surface area contributed by atoms with Gasteiger partial charge in [-0.25, -0.2) is 14.4 Å². The molecule has 40 heavy (non-hydrogen) atoms. The Bertz CT molecular complexity index is 1720. The lowest BCUT2D eigenvalue weighted by molar-refractivity contribution is -0.136.